The van der Waals surface area contributed by atoms with E-state index in [1.165, 1.54) is 0 Å². The van der Waals surface area contributed by atoms with Crippen molar-refractivity contribution in [3.8, 4) is 0 Å². The Morgan fingerprint density at radius 1 is 1.40 bits per heavy atom. The first-order chi connectivity index (χ1) is 7.00. The summed E-state index contributed by atoms with van der Waals surface area (Å²) in [6, 6.07) is -0.0842. The van der Waals surface area contributed by atoms with Crippen molar-refractivity contribution in [3.05, 3.63) is 0 Å². The largest absolute Gasteiger partial charge is 0.339 e. The summed E-state index contributed by atoms with van der Waals surface area (Å²) in [6.45, 7) is 4.47. The zero-order valence-corrected chi connectivity index (χ0v) is 10.2. The van der Waals surface area contributed by atoms with E-state index >= 15 is 0 Å². The van der Waals surface area contributed by atoms with E-state index in [2.05, 4.69) is 0 Å². The fraction of sp³-hybridized carbons (Fsp3) is 0.900. The molecule has 1 unspecified atom stereocenters. The topological polar surface area (TPSA) is 54.5 Å². The fourth-order valence-corrected chi connectivity index (χ4v) is 3.75. The zero-order chi connectivity index (χ0) is 11.5. The van der Waals surface area contributed by atoms with Crippen molar-refractivity contribution in [2.75, 3.05) is 18.1 Å². The van der Waals surface area contributed by atoms with E-state index in [9.17, 15) is 13.2 Å². The lowest BCUT2D eigenvalue weighted by Gasteiger charge is -2.26. The second-order valence-corrected chi connectivity index (χ2v) is 6.22. The normalized spacial score (nSPS) is 24.0. The summed E-state index contributed by atoms with van der Waals surface area (Å²) in [4.78, 5) is 13.4. The van der Waals surface area contributed by atoms with Gasteiger partial charge in [-0.2, -0.15) is 0 Å². The van der Waals surface area contributed by atoms with Crippen molar-refractivity contribution in [1.82, 2.24) is 4.90 Å². The van der Waals surface area contributed by atoms with Crippen LogP contribution in [0.5, 0.6) is 0 Å². The lowest BCUT2D eigenvalue weighted by Crippen LogP contribution is -2.40. The molecule has 0 spiro atoms. The Hall–Kier alpha value is -0.580. The molecule has 0 radical (unpaired) electrons. The van der Waals surface area contributed by atoms with Gasteiger partial charge in [0.15, 0.2) is 9.84 Å². The number of carbonyl (C=O) groups is 1. The molecule has 1 aliphatic rings. The molecule has 0 aromatic rings. The van der Waals surface area contributed by atoms with Gasteiger partial charge >= 0.3 is 0 Å². The average Bonchev–Trinajstić information content (AvgIpc) is 2.48. The van der Waals surface area contributed by atoms with Crippen molar-refractivity contribution in [3.63, 3.8) is 0 Å². The number of carbonyl (C=O) groups excluding carboxylic acids is 1. The van der Waals surface area contributed by atoms with E-state index < -0.39 is 9.84 Å². The monoisotopic (exact) mass is 233 g/mol. The predicted octanol–water partition coefficient (Wildman–Crippen LogP) is 0.822. The highest BCUT2D eigenvalue weighted by molar-refractivity contribution is 7.91. The molecule has 1 rings (SSSR count). The maximum absolute atomic E-state index is 11.7. The van der Waals surface area contributed by atoms with Gasteiger partial charge in [0.1, 0.15) is 0 Å². The Bertz CT molecular complexity index is 324. The van der Waals surface area contributed by atoms with Gasteiger partial charge in [-0.1, -0.05) is 6.92 Å². The van der Waals surface area contributed by atoms with Gasteiger partial charge in [-0.15, -0.1) is 0 Å². The summed E-state index contributed by atoms with van der Waals surface area (Å²) in [7, 11) is -2.89. The molecule has 0 saturated carbocycles. The second-order valence-electron chi connectivity index (χ2n) is 3.99. The van der Waals surface area contributed by atoms with Crippen LogP contribution in [0.25, 0.3) is 0 Å². The van der Waals surface area contributed by atoms with E-state index in [-0.39, 0.29) is 23.5 Å². The molecule has 88 valence electrons. The number of nitrogens with zero attached hydrogens (tertiary/aromatic N) is 1. The molecule has 1 amide bonds. The SMILES string of the molecule is CCCC(=O)N(CC)C1CCS(=O)(=O)C1. The van der Waals surface area contributed by atoms with Crippen molar-refractivity contribution < 1.29 is 13.2 Å². The molecule has 1 fully saturated rings. The minimum Gasteiger partial charge on any atom is -0.339 e. The van der Waals surface area contributed by atoms with Gasteiger partial charge in [0.05, 0.1) is 11.5 Å². The molecule has 0 aromatic heterocycles. The third-order valence-electron chi connectivity index (χ3n) is 2.77. The van der Waals surface area contributed by atoms with Crippen LogP contribution < -0.4 is 0 Å². The summed E-state index contributed by atoms with van der Waals surface area (Å²) >= 11 is 0. The van der Waals surface area contributed by atoms with Crippen LogP contribution in [-0.2, 0) is 14.6 Å². The number of hydrogen-bond donors (Lipinski definition) is 0. The molecule has 15 heavy (non-hydrogen) atoms. The molecule has 5 heteroatoms. The van der Waals surface area contributed by atoms with Gasteiger partial charge in [-0.05, 0) is 19.8 Å². The second kappa shape index (κ2) is 4.96. The van der Waals surface area contributed by atoms with Crippen LogP contribution in [0.4, 0.5) is 0 Å². The van der Waals surface area contributed by atoms with Gasteiger partial charge in [0, 0.05) is 19.0 Å². The van der Waals surface area contributed by atoms with Crippen LogP contribution >= 0.6 is 0 Å². The van der Waals surface area contributed by atoms with Crippen molar-refractivity contribution in [2.45, 2.75) is 39.2 Å². The van der Waals surface area contributed by atoms with Crippen LogP contribution in [-0.4, -0.2) is 43.3 Å². The minimum absolute atomic E-state index is 0.0842. The Morgan fingerprint density at radius 2 is 2.07 bits per heavy atom. The van der Waals surface area contributed by atoms with Crippen LogP contribution in [0.15, 0.2) is 0 Å². The highest BCUT2D eigenvalue weighted by atomic mass is 32.2. The van der Waals surface area contributed by atoms with Gasteiger partial charge in [0.25, 0.3) is 0 Å². The van der Waals surface area contributed by atoms with E-state index in [4.69, 9.17) is 0 Å². The zero-order valence-electron chi connectivity index (χ0n) is 9.40. The van der Waals surface area contributed by atoms with Crippen molar-refractivity contribution in [2.24, 2.45) is 0 Å². The van der Waals surface area contributed by atoms with Gasteiger partial charge in [-0.25, -0.2) is 8.42 Å². The molecule has 1 saturated heterocycles. The lowest BCUT2D eigenvalue weighted by molar-refractivity contribution is -0.132. The predicted molar refractivity (Wildman–Crippen MR) is 59.4 cm³/mol. The van der Waals surface area contributed by atoms with Gasteiger partial charge in [-0.3, -0.25) is 4.79 Å². The van der Waals surface area contributed by atoms with Gasteiger partial charge < -0.3 is 4.90 Å². The van der Waals surface area contributed by atoms with Crippen LogP contribution in [0.3, 0.4) is 0 Å². The molecule has 0 aliphatic carbocycles. The molecule has 1 atom stereocenters. The summed E-state index contributed by atoms with van der Waals surface area (Å²) in [5.41, 5.74) is 0. The molecule has 1 aliphatic heterocycles. The molecule has 4 nitrogen and oxygen atoms in total. The minimum atomic E-state index is -2.89. The lowest BCUT2D eigenvalue weighted by atomic mass is 10.2. The maximum atomic E-state index is 11.7. The Morgan fingerprint density at radius 3 is 2.47 bits per heavy atom. The van der Waals surface area contributed by atoms with Crippen LogP contribution in [0.2, 0.25) is 0 Å². The number of amides is 1. The molecule has 0 bridgehead atoms. The molecular formula is C10H19NO3S. The molecule has 1 heterocycles. The summed E-state index contributed by atoms with van der Waals surface area (Å²) in [6.07, 6.45) is 1.94. The summed E-state index contributed by atoms with van der Waals surface area (Å²) < 4.78 is 22.6. The number of rotatable bonds is 4. The maximum Gasteiger partial charge on any atom is 0.222 e. The van der Waals surface area contributed by atoms with E-state index in [1.54, 1.807) is 4.90 Å². The molecular weight excluding hydrogens is 214 g/mol. The molecule has 0 aromatic carbocycles. The van der Waals surface area contributed by atoms with Crippen LogP contribution in [0.1, 0.15) is 33.1 Å². The number of sulfone groups is 1. The quantitative estimate of drug-likeness (QED) is 0.722. The fourth-order valence-electron chi connectivity index (χ4n) is 2.02. The average molecular weight is 233 g/mol. The van der Waals surface area contributed by atoms with E-state index in [0.717, 1.165) is 6.42 Å². The Labute approximate surface area is 91.6 Å². The highest BCUT2D eigenvalue weighted by Gasteiger charge is 2.33. The summed E-state index contributed by atoms with van der Waals surface area (Å²) in [5.74, 6) is 0.464. The Kier molecular flexibility index (Phi) is 4.13. The van der Waals surface area contributed by atoms with E-state index in [1.807, 2.05) is 13.8 Å². The first-order valence-electron chi connectivity index (χ1n) is 5.50. The highest BCUT2D eigenvalue weighted by Crippen LogP contribution is 2.18. The van der Waals surface area contributed by atoms with Gasteiger partial charge in [0.2, 0.25) is 5.91 Å². The third kappa shape index (κ3) is 3.19. The van der Waals surface area contributed by atoms with Crippen LogP contribution in [0, 0.1) is 0 Å². The first kappa shape index (κ1) is 12.5. The smallest absolute Gasteiger partial charge is 0.222 e. The number of hydrogen-bond acceptors (Lipinski definition) is 3. The summed E-state index contributed by atoms with van der Waals surface area (Å²) in [5, 5.41) is 0. The first-order valence-corrected chi connectivity index (χ1v) is 7.32. The van der Waals surface area contributed by atoms with Crippen molar-refractivity contribution in [1.29, 1.82) is 0 Å². The van der Waals surface area contributed by atoms with E-state index in [0.29, 0.717) is 19.4 Å². The van der Waals surface area contributed by atoms with Crippen molar-refractivity contribution >= 4 is 15.7 Å². The Balaban J connectivity index is 2.64. The molecule has 0 N–H and O–H groups in total. The standard InChI is InChI=1S/C10H19NO3S/c1-3-5-10(12)11(4-2)9-6-7-15(13,14)8-9/h9H,3-8H2,1-2H3. The third-order valence-corrected chi connectivity index (χ3v) is 4.52.